The number of hydrogen-bond acceptors (Lipinski definition) is 1. The molecule has 0 N–H and O–H groups in total. The van der Waals surface area contributed by atoms with E-state index in [9.17, 15) is 0 Å². The molecule has 2 heteroatoms. The number of rotatable bonds is 8. The second-order valence-corrected chi connectivity index (χ2v) is 8.45. The first-order valence-electron chi connectivity index (χ1n) is 11.5. The van der Waals surface area contributed by atoms with E-state index in [-0.39, 0.29) is 0 Å². The lowest BCUT2D eigenvalue weighted by Crippen LogP contribution is -2.02. The predicted octanol–water partition coefficient (Wildman–Crippen LogP) is 7.95. The van der Waals surface area contributed by atoms with Crippen molar-refractivity contribution in [2.75, 3.05) is 0 Å². The van der Waals surface area contributed by atoms with Gasteiger partial charge in [-0.25, -0.2) is 4.98 Å². The first-order chi connectivity index (χ1) is 15.2. The standard InChI is InChI=1S/C29H32N2/c1-4-5-6-8-11-24-14-16-25(17-15-24)27-20-22(2)28(23(3)21-27)31-19-18-30-29(31)26-12-9-7-10-13-26/h7,9-10,12-21H,4-6,8,11H2,1-3H3. The van der Waals surface area contributed by atoms with Crippen LogP contribution in [-0.2, 0) is 6.42 Å². The third kappa shape index (κ3) is 4.80. The molecular weight excluding hydrogens is 376 g/mol. The van der Waals surface area contributed by atoms with Crippen LogP contribution in [0.15, 0.2) is 79.1 Å². The lowest BCUT2D eigenvalue weighted by atomic mass is 9.97. The zero-order chi connectivity index (χ0) is 21.6. The predicted molar refractivity (Wildman–Crippen MR) is 132 cm³/mol. The Hall–Kier alpha value is -3.13. The third-order valence-corrected chi connectivity index (χ3v) is 6.01. The van der Waals surface area contributed by atoms with Gasteiger partial charge in [0.15, 0.2) is 0 Å². The molecule has 4 aromatic rings. The normalized spacial score (nSPS) is 11.1. The van der Waals surface area contributed by atoms with Crippen molar-refractivity contribution in [2.24, 2.45) is 0 Å². The van der Waals surface area contributed by atoms with Gasteiger partial charge in [0.1, 0.15) is 5.82 Å². The van der Waals surface area contributed by atoms with Gasteiger partial charge in [0.25, 0.3) is 0 Å². The summed E-state index contributed by atoms with van der Waals surface area (Å²) in [4.78, 5) is 4.63. The Kier molecular flexibility index (Phi) is 6.66. The smallest absolute Gasteiger partial charge is 0.144 e. The second-order valence-electron chi connectivity index (χ2n) is 8.45. The largest absolute Gasteiger partial charge is 0.299 e. The Morgan fingerprint density at radius 2 is 1.45 bits per heavy atom. The van der Waals surface area contributed by atoms with Gasteiger partial charge in [0, 0.05) is 18.0 Å². The fraction of sp³-hybridized carbons (Fsp3) is 0.276. The Labute approximate surface area is 186 Å². The molecule has 0 fully saturated rings. The summed E-state index contributed by atoms with van der Waals surface area (Å²) in [5, 5.41) is 0. The van der Waals surface area contributed by atoms with Crippen LogP contribution in [0, 0.1) is 13.8 Å². The number of imidazole rings is 1. The van der Waals surface area contributed by atoms with Gasteiger partial charge in [0.2, 0.25) is 0 Å². The van der Waals surface area contributed by atoms with E-state index < -0.39 is 0 Å². The number of nitrogens with zero attached hydrogens (tertiary/aromatic N) is 2. The first kappa shape index (κ1) is 21.1. The van der Waals surface area contributed by atoms with Gasteiger partial charge < -0.3 is 0 Å². The highest BCUT2D eigenvalue weighted by Gasteiger charge is 2.13. The maximum absolute atomic E-state index is 4.63. The molecule has 4 rings (SSSR count). The highest BCUT2D eigenvalue weighted by atomic mass is 15.1. The molecule has 2 nitrogen and oxygen atoms in total. The number of hydrogen-bond donors (Lipinski definition) is 0. The highest BCUT2D eigenvalue weighted by Crippen LogP contribution is 2.30. The summed E-state index contributed by atoms with van der Waals surface area (Å²) < 4.78 is 2.21. The van der Waals surface area contributed by atoms with Crippen LogP contribution in [0.4, 0.5) is 0 Å². The molecule has 0 radical (unpaired) electrons. The molecule has 0 bridgehead atoms. The van der Waals surface area contributed by atoms with Gasteiger partial charge in [-0.3, -0.25) is 4.57 Å². The van der Waals surface area contributed by atoms with E-state index in [4.69, 9.17) is 0 Å². The molecule has 1 aromatic heterocycles. The van der Waals surface area contributed by atoms with Gasteiger partial charge in [-0.05, 0) is 66.6 Å². The van der Waals surface area contributed by atoms with E-state index in [0.29, 0.717) is 0 Å². The van der Waals surface area contributed by atoms with E-state index in [1.165, 1.54) is 65.6 Å². The van der Waals surface area contributed by atoms with Crippen molar-refractivity contribution >= 4 is 0 Å². The minimum atomic E-state index is 0.979. The van der Waals surface area contributed by atoms with Crippen molar-refractivity contribution in [1.82, 2.24) is 9.55 Å². The molecule has 3 aromatic carbocycles. The van der Waals surface area contributed by atoms with Gasteiger partial charge in [-0.2, -0.15) is 0 Å². The van der Waals surface area contributed by atoms with Crippen molar-refractivity contribution in [3.8, 4) is 28.2 Å². The van der Waals surface area contributed by atoms with Crippen LogP contribution in [0.25, 0.3) is 28.2 Å². The molecule has 0 aliphatic rings. The van der Waals surface area contributed by atoms with Crippen LogP contribution >= 0.6 is 0 Å². The van der Waals surface area contributed by atoms with E-state index in [2.05, 4.69) is 97.2 Å². The topological polar surface area (TPSA) is 17.8 Å². The molecule has 0 aliphatic heterocycles. The van der Waals surface area contributed by atoms with Crippen molar-refractivity contribution in [1.29, 1.82) is 0 Å². The van der Waals surface area contributed by atoms with Gasteiger partial charge >= 0.3 is 0 Å². The van der Waals surface area contributed by atoms with Crippen molar-refractivity contribution in [3.05, 3.63) is 95.8 Å². The summed E-state index contributed by atoms with van der Waals surface area (Å²) in [6.45, 7) is 6.66. The van der Waals surface area contributed by atoms with Crippen molar-refractivity contribution < 1.29 is 0 Å². The van der Waals surface area contributed by atoms with E-state index in [1.807, 2.05) is 12.3 Å². The summed E-state index contributed by atoms with van der Waals surface area (Å²) in [6.07, 6.45) is 10.4. The van der Waals surface area contributed by atoms with Crippen LogP contribution in [0.2, 0.25) is 0 Å². The van der Waals surface area contributed by atoms with Crippen molar-refractivity contribution in [2.45, 2.75) is 52.9 Å². The zero-order valence-electron chi connectivity index (χ0n) is 18.9. The van der Waals surface area contributed by atoms with Crippen LogP contribution in [0.5, 0.6) is 0 Å². The Bertz CT molecular complexity index is 1100. The van der Waals surface area contributed by atoms with E-state index in [0.717, 1.165) is 11.4 Å². The average molecular weight is 409 g/mol. The van der Waals surface area contributed by atoms with Crippen LogP contribution < -0.4 is 0 Å². The second kappa shape index (κ2) is 9.78. The minimum Gasteiger partial charge on any atom is -0.299 e. The maximum atomic E-state index is 4.63. The monoisotopic (exact) mass is 408 g/mol. The number of benzene rings is 3. The summed E-state index contributed by atoms with van der Waals surface area (Å²) in [5.74, 6) is 0.979. The number of aryl methyl sites for hydroxylation is 3. The molecule has 0 spiro atoms. The molecule has 158 valence electrons. The SMILES string of the molecule is CCCCCCc1ccc(-c2cc(C)c(-n3ccnc3-c3ccccc3)c(C)c2)cc1. The summed E-state index contributed by atoms with van der Waals surface area (Å²) in [6, 6.07) is 24.1. The van der Waals surface area contributed by atoms with Gasteiger partial charge in [-0.15, -0.1) is 0 Å². The number of unbranched alkanes of at least 4 members (excludes halogenated alkanes) is 3. The summed E-state index contributed by atoms with van der Waals surface area (Å²) >= 11 is 0. The fourth-order valence-electron chi connectivity index (χ4n) is 4.41. The Balaban J connectivity index is 1.60. The fourth-order valence-corrected chi connectivity index (χ4v) is 4.41. The molecule has 0 atom stereocenters. The van der Waals surface area contributed by atoms with Gasteiger partial charge in [-0.1, -0.05) is 80.8 Å². The van der Waals surface area contributed by atoms with Crippen LogP contribution in [-0.4, -0.2) is 9.55 Å². The maximum Gasteiger partial charge on any atom is 0.144 e. The first-order valence-corrected chi connectivity index (χ1v) is 11.5. The highest BCUT2D eigenvalue weighted by molar-refractivity contribution is 5.70. The molecule has 31 heavy (non-hydrogen) atoms. The minimum absolute atomic E-state index is 0.979. The summed E-state index contributed by atoms with van der Waals surface area (Å²) in [5.41, 5.74) is 8.86. The Morgan fingerprint density at radius 3 is 2.13 bits per heavy atom. The molecule has 0 aliphatic carbocycles. The lowest BCUT2D eigenvalue weighted by molar-refractivity contribution is 0.667. The Morgan fingerprint density at radius 1 is 0.742 bits per heavy atom. The molecular formula is C29H32N2. The molecule has 0 saturated carbocycles. The average Bonchev–Trinajstić information content (AvgIpc) is 3.27. The van der Waals surface area contributed by atoms with Crippen LogP contribution in [0.1, 0.15) is 49.3 Å². The summed E-state index contributed by atoms with van der Waals surface area (Å²) in [7, 11) is 0. The van der Waals surface area contributed by atoms with Crippen LogP contribution in [0.3, 0.4) is 0 Å². The quantitative estimate of drug-likeness (QED) is 0.270. The van der Waals surface area contributed by atoms with Crippen molar-refractivity contribution in [3.63, 3.8) is 0 Å². The van der Waals surface area contributed by atoms with E-state index in [1.54, 1.807) is 0 Å². The van der Waals surface area contributed by atoms with E-state index >= 15 is 0 Å². The lowest BCUT2D eigenvalue weighted by Gasteiger charge is -2.16. The zero-order valence-corrected chi connectivity index (χ0v) is 18.9. The number of aromatic nitrogens is 2. The molecule has 1 heterocycles. The van der Waals surface area contributed by atoms with Gasteiger partial charge in [0.05, 0.1) is 5.69 Å². The third-order valence-electron chi connectivity index (χ3n) is 6.01. The molecule has 0 amide bonds. The molecule has 0 unspecified atom stereocenters. The molecule has 0 saturated heterocycles.